The Morgan fingerprint density at radius 1 is 1.32 bits per heavy atom. The fourth-order valence-corrected chi connectivity index (χ4v) is 2.50. The number of pyridine rings is 1. The minimum Gasteiger partial charge on any atom is -0.491 e. The second-order valence-electron chi connectivity index (χ2n) is 4.22. The topological polar surface area (TPSA) is 51.2 Å². The van der Waals surface area contributed by atoms with Gasteiger partial charge in [-0.3, -0.25) is 4.79 Å². The van der Waals surface area contributed by atoms with Gasteiger partial charge in [0.15, 0.2) is 0 Å². The van der Waals surface area contributed by atoms with Crippen LogP contribution < -0.4 is 10.1 Å². The van der Waals surface area contributed by atoms with Crippen LogP contribution in [0.25, 0.3) is 0 Å². The van der Waals surface area contributed by atoms with Gasteiger partial charge >= 0.3 is 0 Å². The van der Waals surface area contributed by atoms with Crippen molar-refractivity contribution in [3.63, 3.8) is 0 Å². The normalized spacial score (nSPS) is 16.6. The zero-order valence-electron chi connectivity index (χ0n) is 9.97. The average molecular weight is 319 g/mol. The van der Waals surface area contributed by atoms with Crippen molar-refractivity contribution in [3.05, 3.63) is 58.3 Å². The van der Waals surface area contributed by atoms with Gasteiger partial charge in [0.1, 0.15) is 17.0 Å². The molecule has 0 saturated carbocycles. The van der Waals surface area contributed by atoms with Crippen molar-refractivity contribution in [2.24, 2.45) is 0 Å². The predicted molar refractivity (Wildman–Crippen MR) is 74.1 cm³/mol. The Morgan fingerprint density at radius 3 is 3.00 bits per heavy atom. The van der Waals surface area contributed by atoms with E-state index in [1.54, 1.807) is 18.3 Å². The highest BCUT2D eigenvalue weighted by Crippen LogP contribution is 2.31. The quantitative estimate of drug-likeness (QED) is 0.866. The van der Waals surface area contributed by atoms with Gasteiger partial charge in [-0.15, -0.1) is 0 Å². The summed E-state index contributed by atoms with van der Waals surface area (Å²) in [4.78, 5) is 16.2. The Morgan fingerprint density at radius 2 is 2.16 bits per heavy atom. The van der Waals surface area contributed by atoms with Crippen LogP contribution in [0.2, 0.25) is 0 Å². The van der Waals surface area contributed by atoms with Crippen LogP contribution in [-0.2, 0) is 0 Å². The molecule has 0 saturated heterocycles. The van der Waals surface area contributed by atoms with Gasteiger partial charge in [0.2, 0.25) is 0 Å². The number of carbonyl (C=O) groups excluding carboxylic acids is 1. The minimum atomic E-state index is -0.162. The van der Waals surface area contributed by atoms with E-state index < -0.39 is 0 Å². The second-order valence-corrected chi connectivity index (χ2v) is 4.97. The number of aromatic nitrogens is 1. The average Bonchev–Trinajstić information content (AvgIpc) is 2.83. The number of amides is 1. The van der Waals surface area contributed by atoms with Crippen molar-refractivity contribution in [2.75, 3.05) is 6.61 Å². The first-order valence-corrected chi connectivity index (χ1v) is 6.68. The van der Waals surface area contributed by atoms with Crippen molar-refractivity contribution in [1.29, 1.82) is 0 Å². The third-order valence-corrected chi connectivity index (χ3v) is 3.64. The van der Waals surface area contributed by atoms with Crippen molar-refractivity contribution in [2.45, 2.75) is 6.04 Å². The Labute approximate surface area is 118 Å². The maximum atomic E-state index is 12.2. The molecule has 1 aliphatic heterocycles. The number of carbonyl (C=O) groups is 1. The number of nitrogens with zero attached hydrogens (tertiary/aromatic N) is 1. The molecule has 96 valence electrons. The summed E-state index contributed by atoms with van der Waals surface area (Å²) in [5.41, 5.74) is 1.53. The lowest BCUT2D eigenvalue weighted by Gasteiger charge is -2.12. The zero-order chi connectivity index (χ0) is 13.2. The Hall–Kier alpha value is -1.88. The molecule has 5 heteroatoms. The summed E-state index contributed by atoms with van der Waals surface area (Å²) in [6.45, 7) is 0.461. The lowest BCUT2D eigenvalue weighted by Crippen LogP contribution is -2.29. The molecule has 3 rings (SSSR count). The molecule has 2 heterocycles. The lowest BCUT2D eigenvalue weighted by molar-refractivity contribution is 0.0929. The molecule has 4 nitrogen and oxygen atoms in total. The van der Waals surface area contributed by atoms with Gasteiger partial charge in [-0.2, -0.15) is 0 Å². The van der Waals surface area contributed by atoms with Crippen molar-refractivity contribution in [3.8, 4) is 5.75 Å². The smallest absolute Gasteiger partial charge is 0.254 e. The molecule has 1 aromatic carbocycles. The Bertz CT molecular complexity index is 630. The van der Waals surface area contributed by atoms with Gasteiger partial charge in [0.25, 0.3) is 5.91 Å². The number of rotatable bonds is 2. The van der Waals surface area contributed by atoms with Crippen LogP contribution in [0, 0.1) is 0 Å². The lowest BCUT2D eigenvalue weighted by atomic mass is 10.1. The van der Waals surface area contributed by atoms with Crippen LogP contribution in [0.5, 0.6) is 5.75 Å². The van der Waals surface area contributed by atoms with Gasteiger partial charge in [0.05, 0.1) is 11.6 Å². The van der Waals surface area contributed by atoms with E-state index in [1.165, 1.54) is 0 Å². The SMILES string of the molecule is O=C(NC1COc2ccccc21)c1cccnc1Br. The molecule has 1 aliphatic rings. The maximum absolute atomic E-state index is 12.2. The number of hydrogen-bond donors (Lipinski definition) is 1. The number of ether oxygens (including phenoxy) is 1. The first-order valence-electron chi connectivity index (χ1n) is 5.89. The predicted octanol–water partition coefficient (Wildman–Crippen LogP) is 2.71. The molecule has 19 heavy (non-hydrogen) atoms. The third-order valence-electron chi connectivity index (χ3n) is 3.01. The van der Waals surface area contributed by atoms with E-state index in [4.69, 9.17) is 4.74 Å². The number of nitrogens with one attached hydrogen (secondary N) is 1. The van der Waals surface area contributed by atoms with Crippen LogP contribution in [0.15, 0.2) is 47.2 Å². The van der Waals surface area contributed by atoms with E-state index in [-0.39, 0.29) is 11.9 Å². The number of hydrogen-bond acceptors (Lipinski definition) is 3. The van der Waals surface area contributed by atoms with E-state index in [0.717, 1.165) is 11.3 Å². The Kier molecular flexibility index (Phi) is 3.21. The van der Waals surface area contributed by atoms with Crippen molar-refractivity contribution >= 4 is 21.8 Å². The summed E-state index contributed by atoms with van der Waals surface area (Å²) >= 11 is 3.27. The molecule has 0 bridgehead atoms. The highest BCUT2D eigenvalue weighted by molar-refractivity contribution is 9.10. The summed E-state index contributed by atoms with van der Waals surface area (Å²) in [5.74, 6) is 0.670. The van der Waals surface area contributed by atoms with Crippen LogP contribution in [0.1, 0.15) is 22.0 Å². The molecular weight excluding hydrogens is 308 g/mol. The summed E-state index contributed by atoms with van der Waals surface area (Å²) < 4.78 is 6.08. The van der Waals surface area contributed by atoms with E-state index >= 15 is 0 Å². The highest BCUT2D eigenvalue weighted by atomic mass is 79.9. The van der Waals surface area contributed by atoms with Crippen LogP contribution >= 0.6 is 15.9 Å². The highest BCUT2D eigenvalue weighted by Gasteiger charge is 2.25. The van der Waals surface area contributed by atoms with Crippen molar-refractivity contribution in [1.82, 2.24) is 10.3 Å². The van der Waals surface area contributed by atoms with E-state index in [1.807, 2.05) is 24.3 Å². The first-order chi connectivity index (χ1) is 9.25. The molecule has 1 N–H and O–H groups in total. The third kappa shape index (κ3) is 2.33. The van der Waals surface area contributed by atoms with Gasteiger partial charge in [-0.1, -0.05) is 18.2 Å². The zero-order valence-corrected chi connectivity index (χ0v) is 11.6. The molecule has 1 amide bonds. The summed E-state index contributed by atoms with van der Waals surface area (Å²) in [7, 11) is 0. The van der Waals surface area contributed by atoms with Gasteiger partial charge < -0.3 is 10.1 Å². The van der Waals surface area contributed by atoms with Crippen LogP contribution in [0.4, 0.5) is 0 Å². The monoisotopic (exact) mass is 318 g/mol. The molecule has 1 unspecified atom stereocenters. The maximum Gasteiger partial charge on any atom is 0.254 e. The van der Waals surface area contributed by atoms with E-state index in [0.29, 0.717) is 16.8 Å². The molecule has 0 fully saturated rings. The number of fused-ring (bicyclic) bond motifs is 1. The number of para-hydroxylation sites is 1. The second kappa shape index (κ2) is 5.01. The van der Waals surface area contributed by atoms with E-state index in [2.05, 4.69) is 26.2 Å². The van der Waals surface area contributed by atoms with Crippen LogP contribution in [0.3, 0.4) is 0 Å². The van der Waals surface area contributed by atoms with Gasteiger partial charge in [-0.05, 0) is 34.1 Å². The molecule has 1 atom stereocenters. The summed E-state index contributed by atoms with van der Waals surface area (Å²) in [6, 6.07) is 11.1. The number of benzene rings is 1. The van der Waals surface area contributed by atoms with Gasteiger partial charge in [-0.25, -0.2) is 4.98 Å². The molecular formula is C14H11BrN2O2. The van der Waals surface area contributed by atoms with Crippen LogP contribution in [-0.4, -0.2) is 17.5 Å². The van der Waals surface area contributed by atoms with E-state index in [9.17, 15) is 4.79 Å². The fraction of sp³-hybridized carbons (Fsp3) is 0.143. The van der Waals surface area contributed by atoms with Crippen molar-refractivity contribution < 1.29 is 9.53 Å². The molecule has 0 radical (unpaired) electrons. The minimum absolute atomic E-state index is 0.115. The van der Waals surface area contributed by atoms with Gasteiger partial charge in [0, 0.05) is 11.8 Å². The number of halogens is 1. The fourth-order valence-electron chi connectivity index (χ4n) is 2.07. The molecule has 0 spiro atoms. The summed E-state index contributed by atoms with van der Waals surface area (Å²) in [5, 5.41) is 2.96. The molecule has 0 aliphatic carbocycles. The first kappa shape index (κ1) is 12.2. The molecule has 1 aromatic heterocycles. The Balaban J connectivity index is 1.81. The standard InChI is InChI=1S/C14H11BrN2O2/c15-13-10(5-3-7-16-13)14(18)17-11-8-19-12-6-2-1-4-9(11)12/h1-7,11H,8H2,(H,17,18). The molecule has 2 aromatic rings. The largest absolute Gasteiger partial charge is 0.491 e. The summed E-state index contributed by atoms with van der Waals surface area (Å²) in [6.07, 6.45) is 1.63.